The fourth-order valence-corrected chi connectivity index (χ4v) is 3.85. The first-order valence-corrected chi connectivity index (χ1v) is 9.55. The fraction of sp³-hybridized carbons (Fsp3) is 0.100. The van der Waals surface area contributed by atoms with Crippen LogP contribution in [0.3, 0.4) is 0 Å². The van der Waals surface area contributed by atoms with Gasteiger partial charge in [-0.3, -0.25) is 5.10 Å². The molecule has 2 aromatic carbocycles. The predicted octanol–water partition coefficient (Wildman–Crippen LogP) is 4.03. The quantitative estimate of drug-likeness (QED) is 0.506. The molecule has 3 heterocycles. The van der Waals surface area contributed by atoms with Crippen LogP contribution >= 0.6 is 11.3 Å². The third kappa shape index (κ3) is 3.13. The summed E-state index contributed by atoms with van der Waals surface area (Å²) in [6, 6.07) is 22.5. The minimum absolute atomic E-state index is 0.682. The van der Waals surface area contributed by atoms with E-state index in [0.717, 1.165) is 39.8 Å². The molecule has 0 fully saturated rings. The monoisotopic (exact) mass is 372 g/mol. The minimum Gasteiger partial charge on any atom is -0.274 e. The van der Waals surface area contributed by atoms with E-state index in [0.29, 0.717) is 5.82 Å². The Hall–Kier alpha value is -3.32. The summed E-state index contributed by atoms with van der Waals surface area (Å²) in [6.45, 7) is 0. The van der Waals surface area contributed by atoms with E-state index in [1.54, 1.807) is 15.9 Å². The van der Waals surface area contributed by atoms with Crippen LogP contribution in [-0.4, -0.2) is 30.0 Å². The standard InChI is InChI=1S/C20H16N6S/c1-3-7-14(8-4-1)11-12-18-25-26-19(23-24-20(26)27-18)17-13-16(21-22-17)15-9-5-2-6-10-15/h1-10,13H,11-12H2,(H,21,22). The maximum absolute atomic E-state index is 4.71. The molecule has 6 nitrogen and oxygen atoms in total. The molecule has 5 aromatic rings. The van der Waals surface area contributed by atoms with E-state index < -0.39 is 0 Å². The van der Waals surface area contributed by atoms with Crippen LogP contribution < -0.4 is 0 Å². The smallest absolute Gasteiger partial charge is 0.235 e. The van der Waals surface area contributed by atoms with E-state index in [9.17, 15) is 0 Å². The van der Waals surface area contributed by atoms with Crippen molar-refractivity contribution in [1.82, 2.24) is 30.0 Å². The zero-order chi connectivity index (χ0) is 18.1. The number of aryl methyl sites for hydroxylation is 2. The molecule has 0 amide bonds. The maximum atomic E-state index is 4.71. The zero-order valence-electron chi connectivity index (χ0n) is 14.4. The van der Waals surface area contributed by atoms with Crippen molar-refractivity contribution in [3.63, 3.8) is 0 Å². The number of hydrogen-bond acceptors (Lipinski definition) is 5. The maximum Gasteiger partial charge on any atom is 0.235 e. The second-order valence-corrected chi connectivity index (χ2v) is 7.27. The molecule has 0 saturated carbocycles. The van der Waals surface area contributed by atoms with E-state index in [2.05, 4.69) is 44.7 Å². The Morgan fingerprint density at radius 1 is 0.889 bits per heavy atom. The van der Waals surface area contributed by atoms with Crippen LogP contribution in [0.1, 0.15) is 10.6 Å². The van der Waals surface area contributed by atoms with Crippen molar-refractivity contribution < 1.29 is 0 Å². The fourth-order valence-electron chi connectivity index (χ4n) is 3.01. The number of nitrogens with one attached hydrogen (secondary N) is 1. The molecule has 0 atom stereocenters. The molecular formula is C20H16N6S. The molecule has 27 heavy (non-hydrogen) atoms. The van der Waals surface area contributed by atoms with E-state index in [1.807, 2.05) is 42.5 Å². The first-order valence-electron chi connectivity index (χ1n) is 8.73. The van der Waals surface area contributed by atoms with Crippen LogP contribution in [-0.2, 0) is 12.8 Å². The number of rotatable bonds is 5. The predicted molar refractivity (Wildman–Crippen MR) is 106 cm³/mol. The van der Waals surface area contributed by atoms with Gasteiger partial charge in [0.1, 0.15) is 10.7 Å². The third-order valence-corrected chi connectivity index (χ3v) is 5.35. The Morgan fingerprint density at radius 3 is 2.48 bits per heavy atom. The van der Waals surface area contributed by atoms with Gasteiger partial charge in [-0.25, -0.2) is 0 Å². The van der Waals surface area contributed by atoms with Gasteiger partial charge in [0, 0.05) is 12.0 Å². The SMILES string of the molecule is c1ccc(CCc2nn3c(-c4cc(-c5ccccc5)n[nH]4)nnc3s2)cc1. The summed E-state index contributed by atoms with van der Waals surface area (Å²) >= 11 is 1.58. The number of aromatic amines is 1. The number of nitrogens with zero attached hydrogens (tertiary/aromatic N) is 5. The van der Waals surface area contributed by atoms with Crippen molar-refractivity contribution in [1.29, 1.82) is 0 Å². The molecule has 0 aliphatic rings. The molecule has 132 valence electrons. The molecule has 3 aromatic heterocycles. The van der Waals surface area contributed by atoms with Gasteiger partial charge in [0.25, 0.3) is 0 Å². The van der Waals surface area contributed by atoms with Crippen LogP contribution in [0.2, 0.25) is 0 Å². The topological polar surface area (TPSA) is 71.8 Å². The molecule has 7 heteroatoms. The number of hydrogen-bond donors (Lipinski definition) is 1. The van der Waals surface area contributed by atoms with E-state index in [4.69, 9.17) is 5.10 Å². The van der Waals surface area contributed by atoms with Gasteiger partial charge in [0.2, 0.25) is 10.8 Å². The van der Waals surface area contributed by atoms with Gasteiger partial charge in [-0.05, 0) is 18.1 Å². The van der Waals surface area contributed by atoms with Gasteiger partial charge in [0.05, 0.1) is 5.69 Å². The van der Waals surface area contributed by atoms with Crippen LogP contribution in [0.5, 0.6) is 0 Å². The number of aromatic nitrogens is 6. The molecule has 0 spiro atoms. The minimum atomic E-state index is 0.682. The molecule has 0 unspecified atom stereocenters. The Balaban J connectivity index is 1.41. The van der Waals surface area contributed by atoms with Gasteiger partial charge >= 0.3 is 0 Å². The first kappa shape index (κ1) is 15.9. The molecule has 0 aliphatic heterocycles. The van der Waals surface area contributed by atoms with Gasteiger partial charge in [-0.2, -0.15) is 14.7 Å². The summed E-state index contributed by atoms with van der Waals surface area (Å²) in [5.41, 5.74) is 4.05. The number of fused-ring (bicyclic) bond motifs is 1. The van der Waals surface area contributed by atoms with Gasteiger partial charge < -0.3 is 0 Å². The van der Waals surface area contributed by atoms with Crippen molar-refractivity contribution in [3.8, 4) is 22.8 Å². The van der Waals surface area contributed by atoms with Crippen LogP contribution in [0, 0.1) is 0 Å². The highest BCUT2D eigenvalue weighted by Gasteiger charge is 2.16. The Kier molecular flexibility index (Phi) is 3.99. The Morgan fingerprint density at radius 2 is 1.67 bits per heavy atom. The molecule has 0 bridgehead atoms. The second kappa shape index (κ2) is 6.77. The van der Waals surface area contributed by atoms with Crippen molar-refractivity contribution >= 4 is 16.3 Å². The molecule has 5 rings (SSSR count). The first-order chi connectivity index (χ1) is 13.4. The van der Waals surface area contributed by atoms with Gasteiger partial charge in [-0.1, -0.05) is 72.0 Å². The molecule has 1 N–H and O–H groups in total. The summed E-state index contributed by atoms with van der Waals surface area (Å²) in [6.07, 6.45) is 1.85. The zero-order valence-corrected chi connectivity index (χ0v) is 15.2. The summed E-state index contributed by atoms with van der Waals surface area (Å²) < 4.78 is 1.80. The van der Waals surface area contributed by atoms with E-state index in [1.165, 1.54) is 5.56 Å². The van der Waals surface area contributed by atoms with Crippen LogP contribution in [0.15, 0.2) is 66.7 Å². The third-order valence-electron chi connectivity index (χ3n) is 4.39. The van der Waals surface area contributed by atoms with Gasteiger partial charge in [0.15, 0.2) is 0 Å². The summed E-state index contributed by atoms with van der Waals surface area (Å²) in [7, 11) is 0. The lowest BCUT2D eigenvalue weighted by molar-refractivity contribution is 0.862. The van der Waals surface area contributed by atoms with Crippen molar-refractivity contribution in [2.45, 2.75) is 12.8 Å². The summed E-state index contributed by atoms with van der Waals surface area (Å²) in [5, 5.41) is 21.8. The normalized spacial score (nSPS) is 11.3. The highest BCUT2D eigenvalue weighted by molar-refractivity contribution is 7.16. The van der Waals surface area contributed by atoms with Crippen molar-refractivity contribution in [2.75, 3.05) is 0 Å². The average molecular weight is 372 g/mol. The van der Waals surface area contributed by atoms with E-state index in [-0.39, 0.29) is 0 Å². The molecule has 0 saturated heterocycles. The number of benzene rings is 2. The van der Waals surface area contributed by atoms with Crippen molar-refractivity contribution in [2.24, 2.45) is 0 Å². The Labute approximate surface area is 159 Å². The molecule has 0 aliphatic carbocycles. The molecule has 0 radical (unpaired) electrons. The Bertz CT molecular complexity index is 1170. The number of H-pyrrole nitrogens is 1. The van der Waals surface area contributed by atoms with Crippen LogP contribution in [0.25, 0.3) is 27.7 Å². The second-order valence-electron chi connectivity index (χ2n) is 6.23. The largest absolute Gasteiger partial charge is 0.274 e. The lowest BCUT2D eigenvalue weighted by Crippen LogP contribution is -1.95. The van der Waals surface area contributed by atoms with Crippen molar-refractivity contribution in [3.05, 3.63) is 77.3 Å². The summed E-state index contributed by atoms with van der Waals surface area (Å²) in [4.78, 5) is 0.795. The average Bonchev–Trinajstić information content (AvgIpc) is 3.43. The lowest BCUT2D eigenvalue weighted by Gasteiger charge is -1.97. The lowest BCUT2D eigenvalue weighted by atomic mass is 10.1. The highest BCUT2D eigenvalue weighted by atomic mass is 32.1. The highest BCUT2D eigenvalue weighted by Crippen LogP contribution is 2.25. The van der Waals surface area contributed by atoms with Crippen LogP contribution in [0.4, 0.5) is 0 Å². The summed E-state index contributed by atoms with van der Waals surface area (Å²) in [5.74, 6) is 0.682. The van der Waals surface area contributed by atoms with Gasteiger partial charge in [-0.15, -0.1) is 10.2 Å². The molecular weight excluding hydrogens is 356 g/mol. The van der Waals surface area contributed by atoms with E-state index >= 15 is 0 Å².